The van der Waals surface area contributed by atoms with Gasteiger partial charge >= 0.3 is 0 Å². The highest BCUT2D eigenvalue weighted by molar-refractivity contribution is 14.1. The Morgan fingerprint density at radius 2 is 1.77 bits per heavy atom. The SMILES string of the molecule is CCc1c(I)c(I)c(I)c2c1Nc1c(cccc1C(C)C)S2. The van der Waals surface area contributed by atoms with Gasteiger partial charge in [0.05, 0.1) is 16.3 Å². The molecule has 0 bridgehead atoms. The Morgan fingerprint density at radius 1 is 1.05 bits per heavy atom. The van der Waals surface area contributed by atoms with Gasteiger partial charge in [-0.15, -0.1) is 0 Å². The second kappa shape index (κ2) is 6.95. The minimum absolute atomic E-state index is 0.525. The first kappa shape index (κ1) is 17.6. The molecule has 0 atom stereocenters. The van der Waals surface area contributed by atoms with Crippen LogP contribution in [0.15, 0.2) is 28.0 Å². The molecule has 1 nitrogen and oxygen atoms in total. The number of nitrogens with one attached hydrogen (secondary N) is 1. The van der Waals surface area contributed by atoms with Crippen molar-refractivity contribution in [2.45, 2.75) is 42.9 Å². The Hall–Kier alpha value is 0.780. The van der Waals surface area contributed by atoms with Gasteiger partial charge in [-0.05, 0) is 97.3 Å². The number of fused-ring (bicyclic) bond motifs is 2. The third-order valence-electron chi connectivity index (χ3n) is 3.87. The van der Waals surface area contributed by atoms with Crippen LogP contribution in [-0.4, -0.2) is 0 Å². The number of halogens is 3. The molecule has 116 valence electrons. The summed E-state index contributed by atoms with van der Waals surface area (Å²) in [6.45, 7) is 6.77. The van der Waals surface area contributed by atoms with E-state index in [4.69, 9.17) is 0 Å². The van der Waals surface area contributed by atoms with Crippen molar-refractivity contribution < 1.29 is 0 Å². The molecule has 0 saturated heterocycles. The van der Waals surface area contributed by atoms with Gasteiger partial charge < -0.3 is 5.32 Å². The first-order valence-electron chi connectivity index (χ1n) is 7.22. The molecule has 0 saturated carbocycles. The lowest BCUT2D eigenvalue weighted by Gasteiger charge is -2.28. The molecule has 0 amide bonds. The minimum atomic E-state index is 0.525. The van der Waals surface area contributed by atoms with Crippen LogP contribution in [-0.2, 0) is 6.42 Å². The first-order valence-corrected chi connectivity index (χ1v) is 11.3. The van der Waals surface area contributed by atoms with Crippen LogP contribution in [0.4, 0.5) is 11.4 Å². The quantitative estimate of drug-likeness (QED) is 0.230. The van der Waals surface area contributed by atoms with Crippen LogP contribution in [0.3, 0.4) is 0 Å². The molecule has 0 fully saturated rings. The zero-order valence-electron chi connectivity index (χ0n) is 12.6. The van der Waals surface area contributed by atoms with Gasteiger partial charge in [-0.2, -0.15) is 0 Å². The highest BCUT2D eigenvalue weighted by Crippen LogP contribution is 2.51. The Kier molecular flexibility index (Phi) is 5.56. The predicted octanol–water partition coefficient (Wildman–Crippen LogP) is 7.39. The summed E-state index contributed by atoms with van der Waals surface area (Å²) in [6, 6.07) is 6.66. The summed E-state index contributed by atoms with van der Waals surface area (Å²) in [5, 5.41) is 3.79. The molecule has 1 N–H and O–H groups in total. The monoisotopic (exact) mass is 647 g/mol. The van der Waals surface area contributed by atoms with E-state index < -0.39 is 0 Å². The molecular formula is C17H16I3NS. The van der Waals surface area contributed by atoms with E-state index in [1.807, 2.05) is 11.8 Å². The summed E-state index contributed by atoms with van der Waals surface area (Å²) in [7, 11) is 0. The maximum Gasteiger partial charge on any atom is 0.0581 e. The maximum absolute atomic E-state index is 3.79. The fourth-order valence-corrected chi connectivity index (χ4v) is 6.92. The van der Waals surface area contributed by atoms with E-state index in [0.29, 0.717) is 5.92 Å². The molecule has 0 radical (unpaired) electrons. The van der Waals surface area contributed by atoms with E-state index in [2.05, 4.69) is 112 Å². The third kappa shape index (κ3) is 2.92. The number of hydrogen-bond acceptors (Lipinski definition) is 2. The molecule has 0 spiro atoms. The zero-order valence-corrected chi connectivity index (χ0v) is 19.8. The lowest BCUT2D eigenvalue weighted by molar-refractivity contribution is 0.864. The first-order chi connectivity index (χ1) is 10.5. The molecule has 2 aromatic rings. The summed E-state index contributed by atoms with van der Waals surface area (Å²) in [5.74, 6) is 0.525. The molecule has 3 rings (SSSR count). The average molecular weight is 647 g/mol. The largest absolute Gasteiger partial charge is 0.353 e. The second-order valence-corrected chi connectivity index (χ2v) is 9.87. The van der Waals surface area contributed by atoms with Gasteiger partial charge in [-0.25, -0.2) is 0 Å². The standard InChI is InChI=1S/C17H16I3NS/c1-4-9-12(18)13(19)14(20)17-16(9)21-15-10(8(2)3)6-5-7-11(15)22-17/h5-8,21H,4H2,1-3H3. The van der Waals surface area contributed by atoms with Gasteiger partial charge in [-0.1, -0.05) is 44.7 Å². The van der Waals surface area contributed by atoms with Crippen LogP contribution in [0, 0.1) is 10.7 Å². The zero-order chi connectivity index (χ0) is 16.0. The van der Waals surface area contributed by atoms with Gasteiger partial charge in [0, 0.05) is 15.6 Å². The van der Waals surface area contributed by atoms with E-state index >= 15 is 0 Å². The van der Waals surface area contributed by atoms with Crippen LogP contribution in [0.2, 0.25) is 0 Å². The molecule has 0 aromatic heterocycles. The van der Waals surface area contributed by atoms with Crippen molar-refractivity contribution in [1.82, 2.24) is 0 Å². The summed E-state index contributed by atoms with van der Waals surface area (Å²) in [6.07, 6.45) is 1.06. The lowest BCUT2D eigenvalue weighted by atomic mass is 10.00. The third-order valence-corrected chi connectivity index (χ3v) is 10.8. The summed E-state index contributed by atoms with van der Waals surface area (Å²) >= 11 is 9.39. The van der Waals surface area contributed by atoms with E-state index in [-0.39, 0.29) is 0 Å². The Labute approximate surface area is 177 Å². The van der Waals surface area contributed by atoms with Crippen molar-refractivity contribution >= 4 is 90.9 Å². The normalized spacial score (nSPS) is 12.9. The van der Waals surface area contributed by atoms with Crippen LogP contribution in [0.25, 0.3) is 0 Å². The number of hydrogen-bond donors (Lipinski definition) is 1. The molecule has 0 unspecified atom stereocenters. The second-order valence-electron chi connectivity index (χ2n) is 5.58. The predicted molar refractivity (Wildman–Crippen MR) is 122 cm³/mol. The summed E-state index contributed by atoms with van der Waals surface area (Å²) < 4.78 is 4.14. The Morgan fingerprint density at radius 3 is 2.41 bits per heavy atom. The van der Waals surface area contributed by atoms with Gasteiger partial charge in [0.1, 0.15) is 0 Å². The van der Waals surface area contributed by atoms with Crippen molar-refractivity contribution in [3.05, 3.63) is 40.0 Å². The van der Waals surface area contributed by atoms with Crippen molar-refractivity contribution in [2.75, 3.05) is 5.32 Å². The summed E-state index contributed by atoms with van der Waals surface area (Å²) in [5.41, 5.74) is 5.47. The Balaban J connectivity index is 2.24. The molecule has 2 aromatic carbocycles. The van der Waals surface area contributed by atoms with Gasteiger partial charge in [0.15, 0.2) is 0 Å². The maximum atomic E-state index is 3.79. The van der Waals surface area contributed by atoms with E-state index in [9.17, 15) is 0 Å². The molecule has 1 aliphatic heterocycles. The molecule has 1 heterocycles. The number of benzene rings is 2. The van der Waals surface area contributed by atoms with Crippen LogP contribution in [0.1, 0.15) is 37.8 Å². The lowest BCUT2D eigenvalue weighted by Crippen LogP contribution is -2.10. The van der Waals surface area contributed by atoms with Gasteiger partial charge in [-0.3, -0.25) is 0 Å². The highest BCUT2D eigenvalue weighted by Gasteiger charge is 2.26. The van der Waals surface area contributed by atoms with E-state index in [0.717, 1.165) is 6.42 Å². The Bertz CT molecular complexity index is 756. The van der Waals surface area contributed by atoms with Crippen LogP contribution >= 0.6 is 79.5 Å². The highest BCUT2D eigenvalue weighted by atomic mass is 127. The molecule has 5 heteroatoms. The number of para-hydroxylation sites is 1. The number of anilines is 2. The minimum Gasteiger partial charge on any atom is -0.353 e. The number of rotatable bonds is 2. The summed E-state index contributed by atoms with van der Waals surface area (Å²) in [4.78, 5) is 2.73. The van der Waals surface area contributed by atoms with Crippen molar-refractivity contribution in [2.24, 2.45) is 0 Å². The molecular weight excluding hydrogens is 631 g/mol. The van der Waals surface area contributed by atoms with Crippen LogP contribution in [0.5, 0.6) is 0 Å². The van der Waals surface area contributed by atoms with E-state index in [1.165, 1.54) is 43.0 Å². The van der Waals surface area contributed by atoms with Crippen LogP contribution < -0.4 is 5.32 Å². The fourth-order valence-electron chi connectivity index (χ4n) is 2.73. The molecule has 22 heavy (non-hydrogen) atoms. The van der Waals surface area contributed by atoms with Crippen molar-refractivity contribution in [3.8, 4) is 0 Å². The van der Waals surface area contributed by atoms with Crippen molar-refractivity contribution in [1.29, 1.82) is 0 Å². The average Bonchev–Trinajstić information content (AvgIpc) is 2.51. The topological polar surface area (TPSA) is 12.0 Å². The smallest absolute Gasteiger partial charge is 0.0581 e. The van der Waals surface area contributed by atoms with Crippen molar-refractivity contribution in [3.63, 3.8) is 0 Å². The van der Waals surface area contributed by atoms with E-state index in [1.54, 1.807) is 0 Å². The van der Waals surface area contributed by atoms with Gasteiger partial charge in [0.25, 0.3) is 0 Å². The molecule has 0 aliphatic carbocycles. The fraction of sp³-hybridized carbons (Fsp3) is 0.294. The molecule has 1 aliphatic rings. The van der Waals surface area contributed by atoms with Gasteiger partial charge in [0.2, 0.25) is 0 Å².